The summed E-state index contributed by atoms with van der Waals surface area (Å²) in [4.78, 5) is 0. The lowest BCUT2D eigenvalue weighted by molar-refractivity contribution is 0.409. The van der Waals surface area contributed by atoms with E-state index in [0.29, 0.717) is 16.3 Å². The van der Waals surface area contributed by atoms with Crippen molar-refractivity contribution in [1.82, 2.24) is 4.72 Å². The average molecular weight is 250 g/mol. The van der Waals surface area contributed by atoms with Gasteiger partial charge in [0.15, 0.2) is 0 Å². The fraction of sp³-hybridized carbons (Fsp3) is 0.333. The summed E-state index contributed by atoms with van der Waals surface area (Å²) in [5.41, 5.74) is 0.704. The van der Waals surface area contributed by atoms with Gasteiger partial charge in [-0.25, -0.2) is 13.1 Å². The van der Waals surface area contributed by atoms with Crippen LogP contribution >= 0.6 is 11.6 Å². The van der Waals surface area contributed by atoms with E-state index in [1.165, 1.54) is 7.11 Å². The fourth-order valence-electron chi connectivity index (χ4n) is 1.09. The third-order valence-electron chi connectivity index (χ3n) is 1.77. The highest BCUT2D eigenvalue weighted by Crippen LogP contribution is 2.22. The van der Waals surface area contributed by atoms with Gasteiger partial charge in [0, 0.05) is 17.1 Å². The van der Waals surface area contributed by atoms with E-state index in [4.69, 9.17) is 16.3 Å². The van der Waals surface area contributed by atoms with Crippen molar-refractivity contribution in [3.05, 3.63) is 28.8 Å². The highest BCUT2D eigenvalue weighted by molar-refractivity contribution is 7.88. The molecule has 0 atom stereocenters. The van der Waals surface area contributed by atoms with Gasteiger partial charge in [-0.3, -0.25) is 0 Å². The zero-order chi connectivity index (χ0) is 11.5. The Morgan fingerprint density at radius 3 is 2.67 bits per heavy atom. The smallest absolute Gasteiger partial charge is 0.209 e. The molecule has 1 N–H and O–H groups in total. The Morgan fingerprint density at radius 1 is 1.47 bits per heavy atom. The van der Waals surface area contributed by atoms with Gasteiger partial charge >= 0.3 is 0 Å². The first-order valence-electron chi connectivity index (χ1n) is 4.19. The number of ether oxygens (including phenoxy) is 1. The van der Waals surface area contributed by atoms with Crippen LogP contribution in [0.25, 0.3) is 0 Å². The van der Waals surface area contributed by atoms with Crippen molar-refractivity contribution in [3.8, 4) is 5.75 Å². The second-order valence-electron chi connectivity index (χ2n) is 3.05. The summed E-state index contributed by atoms with van der Waals surface area (Å²) in [5.74, 6) is 0.607. The molecular weight excluding hydrogens is 238 g/mol. The van der Waals surface area contributed by atoms with E-state index in [9.17, 15) is 8.42 Å². The average Bonchev–Trinajstić information content (AvgIpc) is 2.14. The van der Waals surface area contributed by atoms with E-state index >= 15 is 0 Å². The lowest BCUT2D eigenvalue weighted by Crippen LogP contribution is -2.21. The summed E-state index contributed by atoms with van der Waals surface area (Å²) in [6.45, 7) is 0.169. The van der Waals surface area contributed by atoms with Gasteiger partial charge in [0.05, 0.1) is 13.4 Å². The van der Waals surface area contributed by atoms with Gasteiger partial charge in [-0.05, 0) is 18.2 Å². The van der Waals surface area contributed by atoms with Gasteiger partial charge in [-0.2, -0.15) is 0 Å². The second-order valence-corrected chi connectivity index (χ2v) is 5.32. The van der Waals surface area contributed by atoms with Crippen LogP contribution < -0.4 is 9.46 Å². The van der Waals surface area contributed by atoms with Crippen molar-refractivity contribution in [2.75, 3.05) is 13.4 Å². The minimum atomic E-state index is -3.21. The molecule has 1 aromatic rings. The highest BCUT2D eigenvalue weighted by atomic mass is 35.5. The van der Waals surface area contributed by atoms with Gasteiger partial charge in [0.2, 0.25) is 10.0 Å². The predicted molar refractivity (Wildman–Crippen MR) is 59.7 cm³/mol. The molecule has 1 aromatic carbocycles. The maximum Gasteiger partial charge on any atom is 0.209 e. The van der Waals surface area contributed by atoms with E-state index in [2.05, 4.69) is 4.72 Å². The first kappa shape index (κ1) is 12.3. The van der Waals surface area contributed by atoms with Crippen LogP contribution in [-0.4, -0.2) is 21.8 Å². The second kappa shape index (κ2) is 4.83. The minimum absolute atomic E-state index is 0.169. The number of rotatable bonds is 4. The molecule has 0 unspecified atom stereocenters. The maximum absolute atomic E-state index is 10.9. The van der Waals surface area contributed by atoms with Gasteiger partial charge in [0.1, 0.15) is 5.75 Å². The van der Waals surface area contributed by atoms with Gasteiger partial charge in [0.25, 0.3) is 0 Å². The SMILES string of the molecule is COc1ccc(Cl)cc1CNS(C)(=O)=O. The first-order valence-corrected chi connectivity index (χ1v) is 6.46. The van der Waals surface area contributed by atoms with Crippen LogP contribution in [0.3, 0.4) is 0 Å². The fourth-order valence-corrected chi connectivity index (χ4v) is 1.71. The molecule has 0 spiro atoms. The van der Waals surface area contributed by atoms with E-state index in [1.54, 1.807) is 18.2 Å². The van der Waals surface area contributed by atoms with Crippen molar-refractivity contribution < 1.29 is 13.2 Å². The molecule has 0 radical (unpaired) electrons. The zero-order valence-corrected chi connectivity index (χ0v) is 10.0. The number of hydrogen-bond donors (Lipinski definition) is 1. The number of methoxy groups -OCH3 is 1. The summed E-state index contributed by atoms with van der Waals surface area (Å²) in [7, 11) is -1.69. The third kappa shape index (κ3) is 4.07. The summed E-state index contributed by atoms with van der Waals surface area (Å²) in [6, 6.07) is 5.05. The van der Waals surface area contributed by atoms with E-state index in [1.807, 2.05) is 0 Å². The number of hydrogen-bond acceptors (Lipinski definition) is 3. The third-order valence-corrected chi connectivity index (χ3v) is 2.67. The molecule has 84 valence electrons. The molecule has 6 heteroatoms. The monoisotopic (exact) mass is 249 g/mol. The minimum Gasteiger partial charge on any atom is -0.496 e. The summed E-state index contributed by atoms with van der Waals surface area (Å²) >= 11 is 5.79. The number of halogens is 1. The van der Waals surface area contributed by atoms with Crippen molar-refractivity contribution >= 4 is 21.6 Å². The molecule has 0 saturated carbocycles. The normalized spacial score (nSPS) is 11.4. The Morgan fingerprint density at radius 2 is 2.13 bits per heavy atom. The summed E-state index contributed by atoms with van der Waals surface area (Å²) in [6.07, 6.45) is 1.10. The van der Waals surface area contributed by atoms with Crippen molar-refractivity contribution in [2.24, 2.45) is 0 Å². The van der Waals surface area contributed by atoms with Gasteiger partial charge < -0.3 is 4.74 Å². The van der Waals surface area contributed by atoms with Crippen LogP contribution in [0.15, 0.2) is 18.2 Å². The Balaban J connectivity index is 2.88. The molecule has 0 fully saturated rings. The standard InChI is InChI=1S/C9H12ClNO3S/c1-14-9-4-3-8(10)5-7(9)6-11-15(2,12)13/h3-5,11H,6H2,1-2H3. The van der Waals surface area contributed by atoms with E-state index in [0.717, 1.165) is 6.26 Å². The highest BCUT2D eigenvalue weighted by Gasteiger charge is 2.06. The van der Waals surface area contributed by atoms with Crippen LogP contribution in [0, 0.1) is 0 Å². The van der Waals surface area contributed by atoms with Crippen molar-refractivity contribution in [2.45, 2.75) is 6.54 Å². The molecule has 0 bridgehead atoms. The quantitative estimate of drug-likeness (QED) is 0.878. The van der Waals surface area contributed by atoms with Crippen molar-refractivity contribution in [1.29, 1.82) is 0 Å². The summed E-state index contributed by atoms with van der Waals surface area (Å²) in [5, 5.41) is 0.543. The topological polar surface area (TPSA) is 55.4 Å². The molecule has 0 aliphatic carbocycles. The van der Waals surface area contributed by atoms with Crippen LogP contribution in [0.4, 0.5) is 0 Å². The Kier molecular flexibility index (Phi) is 3.96. The van der Waals surface area contributed by atoms with Gasteiger partial charge in [-0.15, -0.1) is 0 Å². The first-order chi connectivity index (χ1) is 6.92. The van der Waals surface area contributed by atoms with E-state index in [-0.39, 0.29) is 6.54 Å². The van der Waals surface area contributed by atoms with Crippen molar-refractivity contribution in [3.63, 3.8) is 0 Å². The van der Waals surface area contributed by atoms with Crippen LogP contribution in [0.2, 0.25) is 5.02 Å². The van der Waals surface area contributed by atoms with Crippen LogP contribution in [0.5, 0.6) is 5.75 Å². The molecule has 0 amide bonds. The summed E-state index contributed by atoms with van der Waals surface area (Å²) < 4.78 is 29.3. The maximum atomic E-state index is 10.9. The number of sulfonamides is 1. The largest absolute Gasteiger partial charge is 0.496 e. The zero-order valence-electron chi connectivity index (χ0n) is 8.45. The Hall–Kier alpha value is -0.780. The molecule has 15 heavy (non-hydrogen) atoms. The lowest BCUT2D eigenvalue weighted by atomic mass is 10.2. The molecular formula is C9H12ClNO3S. The lowest BCUT2D eigenvalue weighted by Gasteiger charge is -2.08. The van der Waals surface area contributed by atoms with Crippen LogP contribution in [-0.2, 0) is 16.6 Å². The molecule has 0 heterocycles. The number of nitrogens with one attached hydrogen (secondary N) is 1. The van der Waals surface area contributed by atoms with Crippen LogP contribution in [0.1, 0.15) is 5.56 Å². The predicted octanol–water partition coefficient (Wildman–Crippen LogP) is 1.40. The molecule has 0 aliphatic rings. The number of benzene rings is 1. The Labute approximate surface area is 94.3 Å². The van der Waals surface area contributed by atoms with E-state index < -0.39 is 10.0 Å². The molecule has 0 aliphatic heterocycles. The molecule has 4 nitrogen and oxygen atoms in total. The molecule has 1 rings (SSSR count). The Bertz CT molecular complexity index is 445. The van der Waals surface area contributed by atoms with Gasteiger partial charge in [-0.1, -0.05) is 11.6 Å². The molecule has 0 aromatic heterocycles. The molecule has 0 saturated heterocycles.